The molecule has 0 unspecified atom stereocenters. The molecule has 0 radical (unpaired) electrons. The van der Waals surface area contributed by atoms with Gasteiger partial charge in [-0.25, -0.2) is 0 Å². The number of nitrogens with zero attached hydrogens (tertiary/aromatic N) is 1. The van der Waals surface area contributed by atoms with E-state index in [0.29, 0.717) is 45.4 Å². The standard InChI is InChI=1S/C35H35NO6/c1-24(37)40-23-30-27(14-15-32(38-2)35(30)42-22-26-12-8-5-9-13-26)18-31-29-20-34(41-21-25-10-6-4-7-11-25)33(39-3)19-28(29)16-17-36-31/h4-15,19-20H,16-18,21-23H2,1-3H3/i3D,17D2. The first-order chi connectivity index (χ1) is 21.8. The Morgan fingerprint density at radius 1 is 0.857 bits per heavy atom. The van der Waals surface area contributed by atoms with Crippen molar-refractivity contribution < 1.29 is 32.6 Å². The first kappa shape index (κ1) is 25.0. The van der Waals surface area contributed by atoms with E-state index < -0.39 is 12.5 Å². The van der Waals surface area contributed by atoms with E-state index in [9.17, 15) is 4.79 Å². The molecule has 4 aromatic rings. The number of aliphatic imine (C=N–C) groups is 1. The normalized spacial score (nSPS) is 14.3. The molecule has 216 valence electrons. The molecule has 7 nitrogen and oxygen atoms in total. The summed E-state index contributed by atoms with van der Waals surface area (Å²) in [7, 11) is 1.23. The van der Waals surface area contributed by atoms with Crippen molar-refractivity contribution in [3.05, 3.63) is 118 Å². The summed E-state index contributed by atoms with van der Waals surface area (Å²) in [5.74, 6) is 1.27. The Hall–Kier alpha value is -4.78. The Morgan fingerprint density at radius 2 is 1.57 bits per heavy atom. The first-order valence-electron chi connectivity index (χ1n) is 15.3. The highest BCUT2D eigenvalue weighted by Crippen LogP contribution is 2.38. The molecule has 7 heteroatoms. The summed E-state index contributed by atoms with van der Waals surface area (Å²) < 4.78 is 53.9. The van der Waals surface area contributed by atoms with Gasteiger partial charge in [0.1, 0.15) is 19.8 Å². The molecule has 0 N–H and O–H groups in total. The molecule has 5 rings (SSSR count). The molecule has 0 saturated heterocycles. The average Bonchev–Trinajstić information content (AvgIpc) is 3.03. The van der Waals surface area contributed by atoms with Crippen molar-refractivity contribution in [3.8, 4) is 23.0 Å². The number of hydrogen-bond acceptors (Lipinski definition) is 7. The number of hydrogen-bond donors (Lipinski definition) is 0. The highest BCUT2D eigenvalue weighted by Gasteiger charge is 2.23. The van der Waals surface area contributed by atoms with Gasteiger partial charge in [-0.15, -0.1) is 0 Å². The van der Waals surface area contributed by atoms with Crippen LogP contribution in [0, 0.1) is 0 Å². The second-order valence-corrected chi connectivity index (χ2v) is 9.73. The van der Waals surface area contributed by atoms with Gasteiger partial charge in [0.15, 0.2) is 23.0 Å². The summed E-state index contributed by atoms with van der Waals surface area (Å²) in [6, 6.07) is 26.6. The molecule has 0 fully saturated rings. The van der Waals surface area contributed by atoms with Gasteiger partial charge in [0.05, 0.1) is 18.3 Å². The largest absolute Gasteiger partial charge is 0.493 e. The summed E-state index contributed by atoms with van der Waals surface area (Å²) in [5, 5.41) is 0. The van der Waals surface area contributed by atoms with E-state index in [1.165, 1.54) is 6.92 Å². The topological polar surface area (TPSA) is 75.6 Å². The van der Waals surface area contributed by atoms with Crippen molar-refractivity contribution in [2.24, 2.45) is 4.99 Å². The van der Waals surface area contributed by atoms with Gasteiger partial charge < -0.3 is 23.7 Å². The Morgan fingerprint density at radius 3 is 2.24 bits per heavy atom. The number of benzene rings is 4. The van der Waals surface area contributed by atoms with Crippen LogP contribution in [-0.4, -0.2) is 32.4 Å². The third-order valence-electron chi connectivity index (χ3n) is 6.90. The zero-order chi connectivity index (χ0) is 31.8. The maximum Gasteiger partial charge on any atom is 0.302 e. The predicted octanol–water partition coefficient (Wildman–Crippen LogP) is 6.51. The van der Waals surface area contributed by atoms with E-state index in [-0.39, 0.29) is 39.7 Å². The van der Waals surface area contributed by atoms with Crippen LogP contribution in [0.3, 0.4) is 0 Å². The molecule has 0 amide bonds. The van der Waals surface area contributed by atoms with Crippen LogP contribution >= 0.6 is 0 Å². The number of rotatable bonds is 12. The Labute approximate surface area is 250 Å². The molecule has 0 bridgehead atoms. The summed E-state index contributed by atoms with van der Waals surface area (Å²) in [6.07, 6.45) is 0.249. The lowest BCUT2D eigenvalue weighted by atomic mass is 9.91. The Bertz CT molecular complexity index is 1660. The number of esters is 1. The van der Waals surface area contributed by atoms with Crippen molar-refractivity contribution in [1.82, 2.24) is 0 Å². The summed E-state index contributed by atoms with van der Waals surface area (Å²) in [5.41, 5.74) is 5.16. The van der Waals surface area contributed by atoms with Gasteiger partial charge in [-0.05, 0) is 46.9 Å². The molecule has 42 heavy (non-hydrogen) atoms. The van der Waals surface area contributed by atoms with Gasteiger partial charge >= 0.3 is 5.97 Å². The Kier molecular flexibility index (Phi) is 8.16. The number of carbonyl (C=O) groups excluding carboxylic acids is 1. The van der Waals surface area contributed by atoms with Gasteiger partial charge in [0.2, 0.25) is 0 Å². The molecule has 0 saturated carbocycles. The molecule has 1 aliphatic rings. The minimum atomic E-state index is -1.87. The van der Waals surface area contributed by atoms with Crippen LogP contribution in [0.25, 0.3) is 0 Å². The van der Waals surface area contributed by atoms with E-state index in [2.05, 4.69) is 4.99 Å². The second kappa shape index (κ2) is 13.7. The van der Waals surface area contributed by atoms with Crippen LogP contribution in [0.15, 0.2) is 89.9 Å². The number of ether oxygens (including phenoxy) is 5. The van der Waals surface area contributed by atoms with E-state index in [1.807, 2.05) is 66.7 Å². The van der Waals surface area contributed by atoms with Crippen LogP contribution < -0.4 is 18.9 Å². The third-order valence-corrected chi connectivity index (χ3v) is 6.90. The lowest BCUT2D eigenvalue weighted by molar-refractivity contribution is -0.142. The molecule has 4 aromatic carbocycles. The fourth-order valence-electron chi connectivity index (χ4n) is 4.77. The smallest absolute Gasteiger partial charge is 0.302 e. The van der Waals surface area contributed by atoms with Crippen LogP contribution in [0.4, 0.5) is 0 Å². The predicted molar refractivity (Wildman–Crippen MR) is 162 cm³/mol. The minimum absolute atomic E-state index is 0.0352. The maximum absolute atomic E-state index is 11.9. The zero-order valence-corrected chi connectivity index (χ0v) is 23.7. The van der Waals surface area contributed by atoms with Crippen molar-refractivity contribution in [2.75, 3.05) is 20.7 Å². The van der Waals surface area contributed by atoms with Crippen LogP contribution in [0.2, 0.25) is 0 Å². The van der Waals surface area contributed by atoms with Gasteiger partial charge in [-0.3, -0.25) is 9.79 Å². The van der Waals surface area contributed by atoms with E-state index in [0.717, 1.165) is 16.7 Å². The van der Waals surface area contributed by atoms with Gasteiger partial charge in [-0.1, -0.05) is 66.7 Å². The molecule has 1 aliphatic heterocycles. The quantitative estimate of drug-likeness (QED) is 0.181. The summed E-state index contributed by atoms with van der Waals surface area (Å²) in [4.78, 5) is 16.4. The lowest BCUT2D eigenvalue weighted by Crippen LogP contribution is -2.17. The fourth-order valence-corrected chi connectivity index (χ4v) is 4.77. The minimum Gasteiger partial charge on any atom is -0.493 e. The molecular weight excluding hydrogens is 530 g/mol. The van der Waals surface area contributed by atoms with Gasteiger partial charge in [-0.2, -0.15) is 0 Å². The van der Waals surface area contributed by atoms with Crippen LogP contribution in [0.1, 0.15) is 44.4 Å². The first-order valence-corrected chi connectivity index (χ1v) is 13.6. The highest BCUT2D eigenvalue weighted by molar-refractivity contribution is 6.04. The van der Waals surface area contributed by atoms with Crippen molar-refractivity contribution in [1.29, 1.82) is 0 Å². The molecule has 0 spiro atoms. The maximum atomic E-state index is 11.9. The average molecular weight is 569 g/mol. The number of methoxy groups -OCH3 is 2. The number of fused-ring (bicyclic) bond motifs is 1. The van der Waals surface area contributed by atoms with Crippen molar-refractivity contribution in [2.45, 2.75) is 39.6 Å². The highest BCUT2D eigenvalue weighted by atomic mass is 16.5. The van der Waals surface area contributed by atoms with E-state index in [1.54, 1.807) is 25.3 Å². The van der Waals surface area contributed by atoms with Crippen molar-refractivity contribution in [3.63, 3.8) is 0 Å². The van der Waals surface area contributed by atoms with E-state index >= 15 is 0 Å². The lowest BCUT2D eigenvalue weighted by Gasteiger charge is -2.23. The SMILES string of the molecule is [2H]COc1cc2c(cc1OCc1ccccc1)C(Cc1ccc(OC)c(OCc3ccccc3)c1COC(C)=O)=NC([2H])([2H])C2. The number of carbonyl (C=O) groups is 1. The molecule has 0 aliphatic carbocycles. The molecular formula is C35H35NO6. The molecule has 1 heterocycles. The van der Waals surface area contributed by atoms with E-state index in [4.69, 9.17) is 27.8 Å². The third kappa shape index (κ3) is 6.92. The van der Waals surface area contributed by atoms with Crippen LogP contribution in [0.5, 0.6) is 23.0 Å². The van der Waals surface area contributed by atoms with Crippen molar-refractivity contribution >= 4 is 11.7 Å². The van der Waals surface area contributed by atoms with Crippen LogP contribution in [-0.2, 0) is 42.2 Å². The zero-order valence-electron chi connectivity index (χ0n) is 26.7. The molecule has 0 atom stereocenters. The fraction of sp³-hybridized carbons (Fsp3) is 0.257. The monoisotopic (exact) mass is 568 g/mol. The van der Waals surface area contributed by atoms with Gasteiger partial charge in [0.25, 0.3) is 0 Å². The number of aryl methyl sites for hydroxylation is 1. The summed E-state index contributed by atoms with van der Waals surface area (Å²) >= 11 is 0. The Balaban J connectivity index is 1.54. The summed E-state index contributed by atoms with van der Waals surface area (Å²) in [6.45, 7) is -0.0495. The molecule has 0 aromatic heterocycles. The van der Waals surface area contributed by atoms with Gasteiger partial charge in [0, 0.05) is 36.7 Å². The second-order valence-electron chi connectivity index (χ2n) is 9.73.